The molecule has 1 aromatic carbocycles. The Morgan fingerprint density at radius 3 is 2.60 bits per heavy atom. The van der Waals surface area contributed by atoms with Crippen molar-refractivity contribution in [3.63, 3.8) is 0 Å². The number of sulfonamides is 1. The van der Waals surface area contributed by atoms with Crippen molar-refractivity contribution < 1.29 is 17.9 Å². The van der Waals surface area contributed by atoms with E-state index in [0.29, 0.717) is 25.3 Å². The van der Waals surface area contributed by atoms with Crippen molar-refractivity contribution in [2.24, 2.45) is 0 Å². The van der Waals surface area contributed by atoms with Crippen molar-refractivity contribution in [1.29, 1.82) is 0 Å². The zero-order valence-electron chi connectivity index (χ0n) is 11.7. The number of nitrogens with one attached hydrogen (secondary N) is 2. The molecule has 0 unspecified atom stereocenters. The lowest BCUT2D eigenvalue weighted by atomic mass is 10.1. The second-order valence-corrected chi connectivity index (χ2v) is 6.19. The second kappa shape index (κ2) is 7.86. The Morgan fingerprint density at radius 2 is 1.95 bits per heavy atom. The predicted molar refractivity (Wildman–Crippen MR) is 77.2 cm³/mol. The van der Waals surface area contributed by atoms with Crippen molar-refractivity contribution >= 4 is 15.9 Å². The summed E-state index contributed by atoms with van der Waals surface area (Å²) >= 11 is 0. The molecule has 0 aromatic heterocycles. The lowest BCUT2D eigenvalue weighted by Gasteiger charge is -2.09. The van der Waals surface area contributed by atoms with E-state index in [4.69, 9.17) is 4.74 Å². The Bertz CT molecular complexity index is 543. The van der Waals surface area contributed by atoms with Crippen LogP contribution in [0.5, 0.6) is 5.75 Å². The maximum Gasteiger partial charge on any atom is 0.224 e. The van der Waals surface area contributed by atoms with Crippen molar-refractivity contribution in [2.45, 2.75) is 12.8 Å². The van der Waals surface area contributed by atoms with Crippen LogP contribution in [-0.4, -0.2) is 40.8 Å². The molecule has 0 saturated carbocycles. The second-order valence-electron chi connectivity index (χ2n) is 4.36. The molecule has 0 atom stereocenters. The zero-order chi connectivity index (χ0) is 15.0. The average molecular weight is 300 g/mol. The Kier molecular flexibility index (Phi) is 6.47. The van der Waals surface area contributed by atoms with Gasteiger partial charge in [0.1, 0.15) is 5.75 Å². The molecule has 6 nitrogen and oxygen atoms in total. The predicted octanol–water partition coefficient (Wildman–Crippen LogP) is 0.293. The van der Waals surface area contributed by atoms with Gasteiger partial charge in [-0.2, -0.15) is 0 Å². The minimum Gasteiger partial charge on any atom is -0.496 e. The number of amides is 1. The summed E-state index contributed by atoms with van der Waals surface area (Å²) in [6, 6.07) is 7.33. The Morgan fingerprint density at radius 1 is 1.25 bits per heavy atom. The Balaban J connectivity index is 2.30. The number of para-hydroxylation sites is 1. The van der Waals surface area contributed by atoms with E-state index in [2.05, 4.69) is 10.0 Å². The van der Waals surface area contributed by atoms with Crippen LogP contribution in [0.15, 0.2) is 24.3 Å². The fourth-order valence-electron chi connectivity index (χ4n) is 1.66. The molecule has 0 aliphatic rings. The topological polar surface area (TPSA) is 84.5 Å². The molecule has 2 N–H and O–H groups in total. The van der Waals surface area contributed by atoms with Gasteiger partial charge in [-0.3, -0.25) is 4.79 Å². The number of hydrogen-bond donors (Lipinski definition) is 2. The van der Waals surface area contributed by atoms with Gasteiger partial charge >= 0.3 is 0 Å². The number of rotatable bonds is 8. The number of carbonyl (C=O) groups is 1. The quantitative estimate of drug-likeness (QED) is 0.676. The number of carbonyl (C=O) groups excluding carboxylic acids is 1. The van der Waals surface area contributed by atoms with E-state index >= 15 is 0 Å². The van der Waals surface area contributed by atoms with Gasteiger partial charge in [-0.25, -0.2) is 13.1 Å². The van der Waals surface area contributed by atoms with Gasteiger partial charge in [0.05, 0.1) is 19.8 Å². The Labute approximate surface area is 119 Å². The zero-order valence-corrected chi connectivity index (χ0v) is 12.5. The van der Waals surface area contributed by atoms with Crippen LogP contribution in [0, 0.1) is 0 Å². The number of hydrogen-bond acceptors (Lipinski definition) is 4. The SMILES string of the molecule is COc1ccccc1CC(=O)NCCCNS(C)(=O)=O. The van der Waals surface area contributed by atoms with E-state index in [-0.39, 0.29) is 12.3 Å². The summed E-state index contributed by atoms with van der Waals surface area (Å²) in [5.74, 6) is 0.565. The van der Waals surface area contributed by atoms with E-state index in [9.17, 15) is 13.2 Å². The summed E-state index contributed by atoms with van der Waals surface area (Å²) in [4.78, 5) is 11.7. The first-order valence-electron chi connectivity index (χ1n) is 6.25. The first-order valence-corrected chi connectivity index (χ1v) is 8.15. The fourth-order valence-corrected chi connectivity index (χ4v) is 2.17. The monoisotopic (exact) mass is 300 g/mol. The molecule has 0 radical (unpaired) electrons. The molecule has 0 aliphatic carbocycles. The number of benzene rings is 1. The van der Waals surface area contributed by atoms with Crippen LogP contribution >= 0.6 is 0 Å². The minimum absolute atomic E-state index is 0.117. The van der Waals surface area contributed by atoms with E-state index < -0.39 is 10.0 Å². The van der Waals surface area contributed by atoms with Gasteiger partial charge in [0.2, 0.25) is 15.9 Å². The molecule has 1 aromatic rings. The molecule has 20 heavy (non-hydrogen) atoms. The summed E-state index contributed by atoms with van der Waals surface area (Å²) in [5, 5.41) is 2.74. The molecule has 0 spiro atoms. The lowest BCUT2D eigenvalue weighted by Crippen LogP contribution is -2.30. The van der Waals surface area contributed by atoms with Crippen LogP contribution in [0.4, 0.5) is 0 Å². The molecule has 0 bridgehead atoms. The van der Waals surface area contributed by atoms with Gasteiger partial charge in [0, 0.05) is 18.7 Å². The highest BCUT2D eigenvalue weighted by Crippen LogP contribution is 2.17. The van der Waals surface area contributed by atoms with Crippen molar-refractivity contribution in [1.82, 2.24) is 10.0 Å². The largest absolute Gasteiger partial charge is 0.496 e. The highest BCUT2D eigenvalue weighted by Gasteiger charge is 2.07. The molecule has 0 aliphatic heterocycles. The third-order valence-electron chi connectivity index (χ3n) is 2.58. The van der Waals surface area contributed by atoms with Crippen molar-refractivity contribution in [3.8, 4) is 5.75 Å². The summed E-state index contributed by atoms with van der Waals surface area (Å²) in [6.07, 6.45) is 1.89. The van der Waals surface area contributed by atoms with Crippen LogP contribution in [-0.2, 0) is 21.2 Å². The molecule has 1 rings (SSSR count). The fraction of sp³-hybridized carbons (Fsp3) is 0.462. The minimum atomic E-state index is -3.16. The number of methoxy groups -OCH3 is 1. The molecule has 7 heteroatoms. The van der Waals surface area contributed by atoms with Crippen LogP contribution in [0.25, 0.3) is 0 Å². The van der Waals surface area contributed by atoms with Crippen LogP contribution in [0.1, 0.15) is 12.0 Å². The first-order chi connectivity index (χ1) is 9.42. The molecule has 0 saturated heterocycles. The molecule has 0 heterocycles. The summed E-state index contributed by atoms with van der Waals surface area (Å²) in [7, 11) is -1.60. The van der Waals surface area contributed by atoms with Crippen molar-refractivity contribution in [2.75, 3.05) is 26.5 Å². The summed E-state index contributed by atoms with van der Waals surface area (Å²) in [5.41, 5.74) is 0.821. The average Bonchev–Trinajstić information content (AvgIpc) is 2.37. The van der Waals surface area contributed by atoms with Gasteiger partial charge < -0.3 is 10.1 Å². The van der Waals surface area contributed by atoms with E-state index in [1.807, 2.05) is 18.2 Å². The molecule has 1 amide bonds. The smallest absolute Gasteiger partial charge is 0.224 e. The van der Waals surface area contributed by atoms with E-state index in [1.54, 1.807) is 13.2 Å². The number of ether oxygens (including phenoxy) is 1. The van der Waals surface area contributed by atoms with Gasteiger partial charge in [-0.15, -0.1) is 0 Å². The third kappa shape index (κ3) is 6.53. The lowest BCUT2D eigenvalue weighted by molar-refractivity contribution is -0.120. The Hall–Kier alpha value is -1.60. The van der Waals surface area contributed by atoms with Gasteiger partial charge in [0.15, 0.2) is 0 Å². The van der Waals surface area contributed by atoms with Crippen LogP contribution in [0.2, 0.25) is 0 Å². The molecular formula is C13H20N2O4S. The molecular weight excluding hydrogens is 280 g/mol. The molecule has 0 fully saturated rings. The van der Waals surface area contributed by atoms with Gasteiger partial charge in [-0.05, 0) is 12.5 Å². The third-order valence-corrected chi connectivity index (χ3v) is 3.31. The van der Waals surface area contributed by atoms with Crippen LogP contribution in [0.3, 0.4) is 0 Å². The normalized spacial score (nSPS) is 11.1. The maximum atomic E-state index is 11.7. The van der Waals surface area contributed by atoms with E-state index in [1.165, 1.54) is 0 Å². The standard InChI is InChI=1S/C13H20N2O4S/c1-19-12-7-4-3-6-11(12)10-13(16)14-8-5-9-15-20(2,17)18/h3-4,6-7,15H,5,8-10H2,1-2H3,(H,14,16). The molecule has 112 valence electrons. The summed E-state index contributed by atoms with van der Waals surface area (Å²) in [6.45, 7) is 0.740. The van der Waals surface area contributed by atoms with E-state index in [0.717, 1.165) is 11.8 Å². The van der Waals surface area contributed by atoms with Gasteiger partial charge in [0.25, 0.3) is 0 Å². The summed E-state index contributed by atoms with van der Waals surface area (Å²) < 4.78 is 29.2. The maximum absolute atomic E-state index is 11.7. The van der Waals surface area contributed by atoms with Crippen molar-refractivity contribution in [3.05, 3.63) is 29.8 Å². The van der Waals surface area contributed by atoms with Gasteiger partial charge in [-0.1, -0.05) is 18.2 Å². The highest BCUT2D eigenvalue weighted by molar-refractivity contribution is 7.88. The highest BCUT2D eigenvalue weighted by atomic mass is 32.2. The van der Waals surface area contributed by atoms with Crippen LogP contribution < -0.4 is 14.8 Å². The first kappa shape index (κ1) is 16.5.